The van der Waals surface area contributed by atoms with E-state index in [0.717, 1.165) is 23.4 Å². The average Bonchev–Trinajstić information content (AvgIpc) is 2.29. The Morgan fingerprint density at radius 1 is 1.58 bits per heavy atom. The smallest absolute Gasteiger partial charge is 0.101 e. The Balaban J connectivity index is 2.91. The predicted molar refractivity (Wildman–Crippen MR) is 48.8 cm³/mol. The molecule has 0 unspecified atom stereocenters. The van der Waals surface area contributed by atoms with Crippen LogP contribution >= 0.6 is 0 Å². The van der Waals surface area contributed by atoms with Crippen LogP contribution < -0.4 is 0 Å². The number of aryl methyl sites for hydroxylation is 1. The molecule has 0 aromatic carbocycles. The molecule has 0 aliphatic heterocycles. The maximum Gasteiger partial charge on any atom is 0.101 e. The van der Waals surface area contributed by atoms with Crippen LogP contribution in [0.3, 0.4) is 0 Å². The van der Waals surface area contributed by atoms with E-state index >= 15 is 0 Å². The molecule has 0 bridgehead atoms. The molecule has 0 atom stereocenters. The van der Waals surface area contributed by atoms with Gasteiger partial charge in [-0.15, -0.1) is 0 Å². The summed E-state index contributed by atoms with van der Waals surface area (Å²) >= 11 is 0. The van der Waals surface area contributed by atoms with E-state index in [2.05, 4.69) is 24.9 Å². The predicted octanol–water partition coefficient (Wildman–Crippen LogP) is 2.39. The fourth-order valence-electron chi connectivity index (χ4n) is 1.31. The van der Waals surface area contributed by atoms with Crippen molar-refractivity contribution in [1.29, 1.82) is 5.26 Å². The van der Waals surface area contributed by atoms with E-state index in [1.165, 1.54) is 0 Å². The molecule has 64 valence electrons. The molecule has 0 radical (unpaired) electrons. The third-order valence-electron chi connectivity index (χ3n) is 1.77. The second-order valence-electron chi connectivity index (χ2n) is 3.55. The Bertz CT molecular complexity index is 302. The normalized spacial score (nSPS) is 10.2. The number of nitrogens with zero attached hydrogens (tertiary/aromatic N) is 1. The van der Waals surface area contributed by atoms with Crippen LogP contribution in [0.1, 0.15) is 30.8 Å². The van der Waals surface area contributed by atoms with Gasteiger partial charge in [-0.2, -0.15) is 5.26 Å². The first-order valence-corrected chi connectivity index (χ1v) is 4.22. The molecule has 0 amide bonds. The van der Waals surface area contributed by atoms with E-state index in [9.17, 15) is 0 Å². The summed E-state index contributed by atoms with van der Waals surface area (Å²) in [6, 6.07) is 4.09. The second kappa shape index (κ2) is 3.44. The first-order valence-electron chi connectivity index (χ1n) is 4.22. The molecule has 1 aromatic heterocycles. The van der Waals surface area contributed by atoms with Gasteiger partial charge in [-0.1, -0.05) is 13.8 Å². The number of hydrogen-bond donors (Lipinski definition) is 1. The van der Waals surface area contributed by atoms with Crippen molar-refractivity contribution in [3.05, 3.63) is 23.0 Å². The van der Waals surface area contributed by atoms with Gasteiger partial charge in [-0.05, 0) is 25.3 Å². The van der Waals surface area contributed by atoms with Gasteiger partial charge in [-0.25, -0.2) is 0 Å². The molecule has 1 aromatic rings. The van der Waals surface area contributed by atoms with E-state index in [0.29, 0.717) is 5.92 Å². The molecule has 1 heterocycles. The first-order chi connectivity index (χ1) is 5.63. The highest BCUT2D eigenvalue weighted by Crippen LogP contribution is 2.13. The van der Waals surface area contributed by atoms with Crippen molar-refractivity contribution in [2.75, 3.05) is 0 Å². The summed E-state index contributed by atoms with van der Waals surface area (Å²) in [4.78, 5) is 3.20. The number of hydrogen-bond acceptors (Lipinski definition) is 1. The van der Waals surface area contributed by atoms with Crippen molar-refractivity contribution in [1.82, 2.24) is 4.98 Å². The third-order valence-corrected chi connectivity index (χ3v) is 1.77. The highest BCUT2D eigenvalue weighted by Gasteiger charge is 2.06. The number of nitrogens with one attached hydrogen (secondary N) is 1. The maximum atomic E-state index is 8.77. The van der Waals surface area contributed by atoms with E-state index in [-0.39, 0.29) is 0 Å². The fourth-order valence-corrected chi connectivity index (χ4v) is 1.31. The van der Waals surface area contributed by atoms with Crippen molar-refractivity contribution in [3.63, 3.8) is 0 Å². The molecule has 0 aliphatic rings. The van der Waals surface area contributed by atoms with E-state index in [1.807, 2.05) is 13.0 Å². The highest BCUT2D eigenvalue weighted by molar-refractivity contribution is 5.36. The van der Waals surface area contributed by atoms with Crippen LogP contribution in [0.2, 0.25) is 0 Å². The molecule has 2 nitrogen and oxygen atoms in total. The van der Waals surface area contributed by atoms with Gasteiger partial charge < -0.3 is 4.98 Å². The van der Waals surface area contributed by atoms with Crippen LogP contribution in [-0.2, 0) is 6.42 Å². The summed E-state index contributed by atoms with van der Waals surface area (Å²) in [7, 11) is 0. The summed E-state index contributed by atoms with van der Waals surface area (Å²) in [6.45, 7) is 6.28. The Kier molecular flexibility index (Phi) is 2.54. The SMILES string of the molecule is Cc1cc(C#N)c(CC(C)C)[nH]1. The van der Waals surface area contributed by atoms with Gasteiger partial charge >= 0.3 is 0 Å². The molecule has 0 aliphatic carbocycles. The molecular weight excluding hydrogens is 148 g/mol. The van der Waals surface area contributed by atoms with E-state index in [1.54, 1.807) is 0 Å². The lowest BCUT2D eigenvalue weighted by molar-refractivity contribution is 0.636. The summed E-state index contributed by atoms with van der Waals surface area (Å²) in [5.41, 5.74) is 2.94. The summed E-state index contributed by atoms with van der Waals surface area (Å²) < 4.78 is 0. The maximum absolute atomic E-state index is 8.77. The minimum absolute atomic E-state index is 0.593. The van der Waals surface area contributed by atoms with E-state index < -0.39 is 0 Å². The summed E-state index contributed by atoms with van der Waals surface area (Å²) in [6.07, 6.45) is 0.955. The van der Waals surface area contributed by atoms with Crippen molar-refractivity contribution < 1.29 is 0 Å². The number of aromatic nitrogens is 1. The lowest BCUT2D eigenvalue weighted by Gasteiger charge is -2.01. The molecule has 0 spiro atoms. The van der Waals surface area contributed by atoms with Gasteiger partial charge in [0.1, 0.15) is 6.07 Å². The van der Waals surface area contributed by atoms with Crippen molar-refractivity contribution >= 4 is 0 Å². The van der Waals surface area contributed by atoms with Gasteiger partial charge in [0.25, 0.3) is 0 Å². The lowest BCUT2D eigenvalue weighted by Crippen LogP contribution is -1.96. The molecule has 0 saturated carbocycles. The molecule has 12 heavy (non-hydrogen) atoms. The fraction of sp³-hybridized carbons (Fsp3) is 0.500. The quantitative estimate of drug-likeness (QED) is 0.712. The third kappa shape index (κ3) is 1.88. The molecular formula is C10H14N2. The molecule has 0 saturated heterocycles. The van der Waals surface area contributed by atoms with Gasteiger partial charge in [0.05, 0.1) is 5.56 Å². The minimum atomic E-state index is 0.593. The number of nitriles is 1. The van der Waals surface area contributed by atoms with Gasteiger partial charge in [0.2, 0.25) is 0 Å². The van der Waals surface area contributed by atoms with Crippen molar-refractivity contribution in [3.8, 4) is 6.07 Å². The molecule has 2 heteroatoms. The van der Waals surface area contributed by atoms with Crippen LogP contribution in [0.25, 0.3) is 0 Å². The monoisotopic (exact) mass is 162 g/mol. The zero-order valence-electron chi connectivity index (χ0n) is 7.81. The Hall–Kier alpha value is -1.23. The van der Waals surface area contributed by atoms with Crippen LogP contribution in [0.15, 0.2) is 6.07 Å². The number of rotatable bonds is 2. The largest absolute Gasteiger partial charge is 0.361 e. The zero-order valence-corrected chi connectivity index (χ0v) is 7.81. The van der Waals surface area contributed by atoms with Crippen LogP contribution in [0.5, 0.6) is 0 Å². The Labute approximate surface area is 73.2 Å². The first kappa shape index (κ1) is 8.86. The zero-order chi connectivity index (χ0) is 9.14. The number of H-pyrrole nitrogens is 1. The van der Waals surface area contributed by atoms with Gasteiger partial charge in [0.15, 0.2) is 0 Å². The van der Waals surface area contributed by atoms with E-state index in [4.69, 9.17) is 5.26 Å². The summed E-state index contributed by atoms with van der Waals surface area (Å²) in [5, 5.41) is 8.77. The molecule has 0 fully saturated rings. The van der Waals surface area contributed by atoms with Crippen LogP contribution in [0.4, 0.5) is 0 Å². The molecule has 1 N–H and O–H groups in total. The van der Waals surface area contributed by atoms with Gasteiger partial charge in [0, 0.05) is 11.4 Å². The van der Waals surface area contributed by atoms with Gasteiger partial charge in [-0.3, -0.25) is 0 Å². The topological polar surface area (TPSA) is 39.6 Å². The highest BCUT2D eigenvalue weighted by atomic mass is 14.7. The molecule has 1 rings (SSSR count). The van der Waals surface area contributed by atoms with Crippen molar-refractivity contribution in [2.45, 2.75) is 27.2 Å². The number of aromatic amines is 1. The minimum Gasteiger partial charge on any atom is -0.361 e. The Morgan fingerprint density at radius 2 is 2.25 bits per heavy atom. The van der Waals surface area contributed by atoms with Crippen LogP contribution in [-0.4, -0.2) is 4.98 Å². The average molecular weight is 162 g/mol. The lowest BCUT2D eigenvalue weighted by atomic mass is 10.1. The Morgan fingerprint density at radius 3 is 2.75 bits per heavy atom. The standard InChI is InChI=1S/C10H14N2/c1-7(2)4-10-9(6-11)5-8(3)12-10/h5,7,12H,4H2,1-3H3. The van der Waals surface area contributed by atoms with Crippen LogP contribution in [0, 0.1) is 24.2 Å². The summed E-state index contributed by atoms with van der Waals surface area (Å²) in [5.74, 6) is 0.593. The van der Waals surface area contributed by atoms with Crippen molar-refractivity contribution in [2.24, 2.45) is 5.92 Å². The second-order valence-corrected chi connectivity index (χ2v) is 3.55.